The minimum absolute atomic E-state index is 0.0352. The lowest BCUT2D eigenvalue weighted by molar-refractivity contribution is 0.604. The molecular formula is C30H19N3O2S. The zero-order valence-electron chi connectivity index (χ0n) is 19.0. The summed E-state index contributed by atoms with van der Waals surface area (Å²) in [6.45, 7) is 7.42. The van der Waals surface area contributed by atoms with Crippen molar-refractivity contribution in [2.75, 3.05) is 4.90 Å². The van der Waals surface area contributed by atoms with Crippen LogP contribution in [-0.4, -0.2) is 8.42 Å². The molecule has 0 unspecified atom stereocenters. The lowest BCUT2D eigenvalue weighted by Crippen LogP contribution is -2.09. The quantitative estimate of drug-likeness (QED) is 0.228. The molecule has 1 aliphatic rings. The largest absolute Gasteiger partial charge is 0.311 e. The second-order valence-corrected chi connectivity index (χ2v) is 9.94. The maximum absolute atomic E-state index is 13.4. The summed E-state index contributed by atoms with van der Waals surface area (Å²) in [6.07, 6.45) is 1.53. The first-order chi connectivity index (χ1) is 17.5. The molecule has 0 fully saturated rings. The lowest BCUT2D eigenvalue weighted by Gasteiger charge is -2.25. The van der Waals surface area contributed by atoms with Crippen molar-refractivity contribution >= 4 is 38.5 Å². The minimum Gasteiger partial charge on any atom is -0.311 e. The zero-order chi connectivity index (χ0) is 25.1. The average Bonchev–Trinajstić information content (AvgIpc) is 3.14. The number of para-hydroxylation sites is 2. The Morgan fingerprint density at radius 3 is 1.86 bits per heavy atom. The van der Waals surface area contributed by atoms with Crippen molar-refractivity contribution in [2.24, 2.45) is 0 Å². The van der Waals surface area contributed by atoms with Crippen LogP contribution >= 0.6 is 0 Å². The van der Waals surface area contributed by atoms with Crippen molar-refractivity contribution < 1.29 is 8.42 Å². The molecule has 172 valence electrons. The van der Waals surface area contributed by atoms with Crippen LogP contribution in [0.25, 0.3) is 16.5 Å². The summed E-state index contributed by atoms with van der Waals surface area (Å²) in [5.74, 6) is 0. The number of hydrogen-bond acceptors (Lipinski definition) is 4. The van der Waals surface area contributed by atoms with Crippen LogP contribution in [0.2, 0.25) is 0 Å². The highest BCUT2D eigenvalue weighted by atomic mass is 32.2. The molecule has 0 spiro atoms. The molecule has 1 aliphatic heterocycles. The van der Waals surface area contributed by atoms with Gasteiger partial charge in [0.15, 0.2) is 0 Å². The lowest BCUT2D eigenvalue weighted by atomic mass is 10.0. The van der Waals surface area contributed by atoms with Crippen LogP contribution in [0.5, 0.6) is 0 Å². The van der Waals surface area contributed by atoms with E-state index in [4.69, 9.17) is 6.57 Å². The van der Waals surface area contributed by atoms with Gasteiger partial charge in [-0.2, -0.15) is 0 Å². The third kappa shape index (κ3) is 3.96. The highest BCUT2D eigenvalue weighted by Gasteiger charge is 2.37. The van der Waals surface area contributed by atoms with E-state index in [0.717, 1.165) is 17.1 Å². The molecule has 0 N–H and O–H groups in total. The molecule has 0 aliphatic carbocycles. The second-order valence-electron chi connectivity index (χ2n) is 8.05. The molecule has 0 amide bonds. The Kier molecular flexibility index (Phi) is 5.96. The van der Waals surface area contributed by atoms with Gasteiger partial charge in [0.1, 0.15) is 0 Å². The third-order valence-corrected chi connectivity index (χ3v) is 7.75. The first-order valence-corrected chi connectivity index (χ1v) is 12.6. The Morgan fingerprint density at radius 1 is 0.778 bits per heavy atom. The maximum Gasteiger partial charge on any atom is 0.270 e. The van der Waals surface area contributed by atoms with E-state index >= 15 is 0 Å². The highest BCUT2D eigenvalue weighted by molar-refractivity contribution is 7.96. The van der Waals surface area contributed by atoms with Gasteiger partial charge in [-0.25, -0.2) is 18.5 Å². The number of sulfone groups is 1. The van der Waals surface area contributed by atoms with E-state index in [1.54, 1.807) is 18.2 Å². The minimum atomic E-state index is -3.87. The molecule has 4 aromatic rings. The number of anilines is 3. The van der Waals surface area contributed by atoms with Gasteiger partial charge in [-0.05, 0) is 59.7 Å². The summed E-state index contributed by atoms with van der Waals surface area (Å²) in [6, 6.07) is 35.8. The topological polar surface area (TPSA) is 65.5 Å². The predicted octanol–water partition coefficient (Wildman–Crippen LogP) is 7.14. The van der Waals surface area contributed by atoms with E-state index in [0.29, 0.717) is 11.1 Å². The summed E-state index contributed by atoms with van der Waals surface area (Å²) in [5, 5.41) is 9.53. The van der Waals surface area contributed by atoms with Gasteiger partial charge in [-0.15, -0.1) is 0 Å². The summed E-state index contributed by atoms with van der Waals surface area (Å²) in [5.41, 5.74) is 3.82. The van der Waals surface area contributed by atoms with Gasteiger partial charge in [-0.1, -0.05) is 66.7 Å². The average molecular weight is 486 g/mol. The number of fused-ring (bicyclic) bond motifs is 1. The van der Waals surface area contributed by atoms with Crippen LogP contribution in [0.4, 0.5) is 17.1 Å². The number of hydrogen-bond donors (Lipinski definition) is 0. The molecular weight excluding hydrogens is 466 g/mol. The third-order valence-electron chi connectivity index (χ3n) is 5.91. The molecule has 0 radical (unpaired) electrons. The maximum atomic E-state index is 13.4. The van der Waals surface area contributed by atoms with E-state index in [1.165, 1.54) is 12.1 Å². The standard InChI is InChI=1S/C30H19N3O2S/c1-32-27(21-31)30-26-14-8-9-15-28(26)36(34,35)29(30)20-22-16-18-25(19-17-22)33(23-10-4-2-5-11-23)24-12-6-3-7-13-24/h2-20H. The highest BCUT2D eigenvalue weighted by Crippen LogP contribution is 2.45. The predicted molar refractivity (Wildman–Crippen MR) is 142 cm³/mol. The second kappa shape index (κ2) is 9.38. The molecule has 0 saturated carbocycles. The van der Waals surface area contributed by atoms with Gasteiger partial charge in [0, 0.05) is 22.6 Å². The fraction of sp³-hybridized carbons (Fsp3) is 0. The Hall–Kier alpha value is -4.91. The van der Waals surface area contributed by atoms with Crippen LogP contribution in [0.15, 0.2) is 125 Å². The molecule has 0 bridgehead atoms. The Balaban J connectivity index is 1.62. The summed E-state index contributed by atoms with van der Waals surface area (Å²) in [7, 11) is -3.87. The molecule has 5 rings (SSSR count). The molecule has 1 heterocycles. The van der Waals surface area contributed by atoms with E-state index in [2.05, 4.69) is 9.74 Å². The van der Waals surface area contributed by atoms with Crippen LogP contribution in [0, 0.1) is 17.9 Å². The van der Waals surface area contributed by atoms with Gasteiger partial charge < -0.3 is 4.90 Å². The van der Waals surface area contributed by atoms with Crippen LogP contribution in [-0.2, 0) is 9.84 Å². The van der Waals surface area contributed by atoms with Crippen molar-refractivity contribution in [2.45, 2.75) is 4.90 Å². The fourth-order valence-corrected chi connectivity index (χ4v) is 6.02. The monoisotopic (exact) mass is 485 g/mol. The summed E-state index contributed by atoms with van der Waals surface area (Å²) < 4.78 is 26.7. The Labute approximate surface area is 210 Å². The smallest absolute Gasteiger partial charge is 0.270 e. The van der Waals surface area contributed by atoms with Crippen LogP contribution in [0.1, 0.15) is 11.1 Å². The van der Waals surface area contributed by atoms with Crippen molar-refractivity contribution in [3.8, 4) is 6.07 Å². The van der Waals surface area contributed by atoms with E-state index in [1.807, 2.05) is 91.0 Å². The zero-order valence-corrected chi connectivity index (χ0v) is 19.9. The summed E-state index contributed by atoms with van der Waals surface area (Å²) in [4.78, 5) is 5.49. The molecule has 0 aromatic heterocycles. The molecule has 0 saturated heterocycles. The molecule has 4 aromatic carbocycles. The Morgan fingerprint density at radius 2 is 1.31 bits per heavy atom. The van der Waals surface area contributed by atoms with E-state index in [-0.39, 0.29) is 21.1 Å². The van der Waals surface area contributed by atoms with Gasteiger partial charge >= 0.3 is 0 Å². The van der Waals surface area contributed by atoms with E-state index < -0.39 is 9.84 Å². The van der Waals surface area contributed by atoms with Gasteiger partial charge in [0.2, 0.25) is 9.84 Å². The normalized spacial score (nSPS) is 16.0. The number of benzene rings is 4. The first kappa shape index (κ1) is 22.9. The van der Waals surface area contributed by atoms with Gasteiger partial charge in [0.25, 0.3) is 5.70 Å². The molecule has 5 nitrogen and oxygen atoms in total. The van der Waals surface area contributed by atoms with Crippen molar-refractivity contribution in [1.82, 2.24) is 0 Å². The van der Waals surface area contributed by atoms with Crippen molar-refractivity contribution in [1.29, 1.82) is 5.26 Å². The van der Waals surface area contributed by atoms with Gasteiger partial charge in [0.05, 0.1) is 22.4 Å². The Bertz CT molecular complexity index is 1640. The van der Waals surface area contributed by atoms with Crippen LogP contribution < -0.4 is 4.90 Å². The first-order valence-electron chi connectivity index (χ1n) is 11.1. The SMILES string of the molecule is [C-]#[N+]C(C#N)=C1C(=Cc2ccc(N(c3ccccc3)c3ccccc3)cc2)S(=O)(=O)c2ccccc21. The number of allylic oxidation sites excluding steroid dienone is 2. The number of rotatable bonds is 4. The van der Waals surface area contributed by atoms with E-state index in [9.17, 15) is 13.7 Å². The molecule has 36 heavy (non-hydrogen) atoms. The summed E-state index contributed by atoms with van der Waals surface area (Å²) >= 11 is 0. The fourth-order valence-electron chi connectivity index (χ4n) is 4.30. The van der Waals surface area contributed by atoms with Crippen molar-refractivity contribution in [3.63, 3.8) is 0 Å². The van der Waals surface area contributed by atoms with Gasteiger partial charge in [-0.3, -0.25) is 0 Å². The van der Waals surface area contributed by atoms with Crippen LogP contribution in [0.3, 0.4) is 0 Å². The number of nitrogens with zero attached hydrogens (tertiary/aromatic N) is 3. The number of nitriles is 1. The molecule has 6 heteroatoms. The molecule has 0 atom stereocenters. The van der Waals surface area contributed by atoms with Crippen molar-refractivity contribution in [3.05, 3.63) is 142 Å².